The Morgan fingerprint density at radius 3 is 2.70 bits per heavy atom. The van der Waals surface area contributed by atoms with Crippen LogP contribution in [0.25, 0.3) is 0 Å². The van der Waals surface area contributed by atoms with Gasteiger partial charge in [0.05, 0.1) is 11.6 Å². The number of hydrogen-bond donors (Lipinski definition) is 0. The summed E-state index contributed by atoms with van der Waals surface area (Å²) in [5, 5.41) is 0.985. The first kappa shape index (κ1) is 16.9. The second-order valence-electron chi connectivity index (χ2n) is 4.83. The molecular formula is C19H18N2OS. The van der Waals surface area contributed by atoms with Gasteiger partial charge in [0.2, 0.25) is 0 Å². The number of thioether (sulfide) groups is 1. The second-order valence-corrected chi connectivity index (χ2v) is 5.83. The Labute approximate surface area is 141 Å². The Hall–Kier alpha value is -2.51. The van der Waals surface area contributed by atoms with Crippen molar-refractivity contribution in [2.24, 2.45) is 0 Å². The summed E-state index contributed by atoms with van der Waals surface area (Å²) in [6.45, 7) is 4.38. The molecule has 1 aromatic heterocycles. The Balaban J connectivity index is 1.99. The van der Waals surface area contributed by atoms with E-state index in [9.17, 15) is 4.79 Å². The lowest BCUT2D eigenvalue weighted by molar-refractivity contribution is 0.0793. The van der Waals surface area contributed by atoms with Crippen molar-refractivity contribution >= 4 is 17.7 Å². The number of amides is 1. The molecule has 0 spiro atoms. The molecule has 1 heterocycles. The molecule has 0 aliphatic carbocycles. The number of pyridine rings is 1. The van der Waals surface area contributed by atoms with Crippen molar-refractivity contribution in [2.45, 2.75) is 10.8 Å². The van der Waals surface area contributed by atoms with E-state index in [1.54, 1.807) is 28.9 Å². The highest BCUT2D eigenvalue weighted by molar-refractivity contribution is 7.98. The molecule has 23 heavy (non-hydrogen) atoms. The molecule has 0 aliphatic heterocycles. The molecule has 0 N–H and O–H groups in total. The van der Waals surface area contributed by atoms with E-state index in [0.29, 0.717) is 12.1 Å². The number of aromatic nitrogens is 1. The van der Waals surface area contributed by atoms with Gasteiger partial charge in [-0.05, 0) is 29.8 Å². The fraction of sp³-hybridized carbons (Fsp3) is 0.158. The molecule has 116 valence electrons. The molecule has 0 aliphatic rings. The number of nitrogens with zero attached hydrogens (tertiary/aromatic N) is 2. The standard InChI is InChI=1S/C19H18N2OS/c1-3-13-21(14-4-2)19(22)17-10-8-16(9-11-17)15-23-18-7-5-6-12-20-18/h1,4-12H,2,13-15H2. The number of rotatable bonds is 7. The van der Waals surface area contributed by atoms with Crippen LogP contribution in [0.2, 0.25) is 0 Å². The molecule has 2 rings (SSSR count). The van der Waals surface area contributed by atoms with Crippen molar-refractivity contribution in [1.82, 2.24) is 9.88 Å². The highest BCUT2D eigenvalue weighted by Gasteiger charge is 2.13. The van der Waals surface area contributed by atoms with Gasteiger partial charge in [0.1, 0.15) is 0 Å². The third-order valence-electron chi connectivity index (χ3n) is 3.14. The van der Waals surface area contributed by atoms with Crippen molar-refractivity contribution in [1.29, 1.82) is 0 Å². The van der Waals surface area contributed by atoms with Crippen molar-refractivity contribution in [3.05, 3.63) is 72.4 Å². The molecule has 3 nitrogen and oxygen atoms in total. The van der Waals surface area contributed by atoms with Crippen LogP contribution in [0.4, 0.5) is 0 Å². The fourth-order valence-electron chi connectivity index (χ4n) is 2.00. The molecule has 0 saturated carbocycles. The second kappa shape index (κ2) is 8.82. The minimum absolute atomic E-state index is 0.0771. The van der Waals surface area contributed by atoms with Gasteiger partial charge in [0.25, 0.3) is 5.91 Å². The van der Waals surface area contributed by atoms with Gasteiger partial charge in [-0.15, -0.1) is 24.8 Å². The van der Waals surface area contributed by atoms with Gasteiger partial charge in [-0.25, -0.2) is 4.98 Å². The summed E-state index contributed by atoms with van der Waals surface area (Å²) in [6.07, 6.45) is 8.76. The predicted molar refractivity (Wildman–Crippen MR) is 95.2 cm³/mol. The zero-order chi connectivity index (χ0) is 16.5. The summed E-state index contributed by atoms with van der Waals surface area (Å²) in [6, 6.07) is 13.4. The van der Waals surface area contributed by atoms with Crippen LogP contribution in [0.5, 0.6) is 0 Å². The average Bonchev–Trinajstić information content (AvgIpc) is 2.60. The van der Waals surface area contributed by atoms with Crippen LogP contribution >= 0.6 is 11.8 Å². The maximum atomic E-state index is 12.4. The van der Waals surface area contributed by atoms with E-state index in [-0.39, 0.29) is 12.5 Å². The molecule has 0 bridgehead atoms. The third-order valence-corrected chi connectivity index (χ3v) is 4.16. The number of carbonyl (C=O) groups excluding carboxylic acids is 1. The third kappa shape index (κ3) is 5.01. The Morgan fingerprint density at radius 1 is 1.30 bits per heavy atom. The van der Waals surface area contributed by atoms with Crippen molar-refractivity contribution < 1.29 is 4.79 Å². The van der Waals surface area contributed by atoms with Gasteiger partial charge < -0.3 is 4.90 Å². The van der Waals surface area contributed by atoms with E-state index < -0.39 is 0 Å². The van der Waals surface area contributed by atoms with E-state index in [1.165, 1.54) is 0 Å². The highest BCUT2D eigenvalue weighted by atomic mass is 32.2. The molecule has 1 amide bonds. The van der Waals surface area contributed by atoms with E-state index in [2.05, 4.69) is 17.5 Å². The maximum absolute atomic E-state index is 12.4. The fourth-order valence-corrected chi connectivity index (χ4v) is 2.82. The van der Waals surface area contributed by atoms with Crippen LogP contribution in [0.1, 0.15) is 15.9 Å². The number of hydrogen-bond acceptors (Lipinski definition) is 3. The Bertz CT molecular complexity index is 690. The summed E-state index contributed by atoms with van der Waals surface area (Å²) in [5.74, 6) is 3.23. The van der Waals surface area contributed by atoms with Crippen LogP contribution in [-0.2, 0) is 5.75 Å². The van der Waals surface area contributed by atoms with Crippen molar-refractivity contribution in [3.8, 4) is 12.3 Å². The molecular weight excluding hydrogens is 304 g/mol. The van der Waals surface area contributed by atoms with Crippen LogP contribution < -0.4 is 0 Å². The quantitative estimate of drug-likeness (QED) is 0.443. The van der Waals surface area contributed by atoms with Crippen LogP contribution in [0.15, 0.2) is 66.3 Å². The van der Waals surface area contributed by atoms with Gasteiger partial charge in [-0.3, -0.25) is 4.79 Å². The smallest absolute Gasteiger partial charge is 0.254 e. The summed E-state index contributed by atoms with van der Waals surface area (Å²) in [4.78, 5) is 18.2. The van der Waals surface area contributed by atoms with Crippen LogP contribution in [-0.4, -0.2) is 28.9 Å². The van der Waals surface area contributed by atoms with Crippen molar-refractivity contribution in [3.63, 3.8) is 0 Å². The van der Waals surface area contributed by atoms with Gasteiger partial charge >= 0.3 is 0 Å². The van der Waals surface area contributed by atoms with Gasteiger partial charge in [0, 0.05) is 24.1 Å². The summed E-state index contributed by atoms with van der Waals surface area (Å²) in [7, 11) is 0. The number of terminal acetylenes is 1. The van der Waals surface area contributed by atoms with Gasteiger partial charge in [0.15, 0.2) is 0 Å². The normalized spacial score (nSPS) is 9.87. The van der Waals surface area contributed by atoms with Gasteiger partial charge in [-0.1, -0.05) is 30.2 Å². The minimum atomic E-state index is -0.0771. The largest absolute Gasteiger partial charge is 0.324 e. The molecule has 0 atom stereocenters. The lowest BCUT2D eigenvalue weighted by Gasteiger charge is -2.18. The van der Waals surface area contributed by atoms with E-state index >= 15 is 0 Å². The first-order chi connectivity index (χ1) is 11.2. The first-order valence-electron chi connectivity index (χ1n) is 7.21. The topological polar surface area (TPSA) is 33.2 Å². The maximum Gasteiger partial charge on any atom is 0.254 e. The first-order valence-corrected chi connectivity index (χ1v) is 8.19. The number of carbonyl (C=O) groups is 1. The summed E-state index contributed by atoms with van der Waals surface area (Å²) >= 11 is 1.66. The number of benzene rings is 1. The van der Waals surface area contributed by atoms with E-state index in [4.69, 9.17) is 6.42 Å². The molecule has 1 aromatic carbocycles. The lowest BCUT2D eigenvalue weighted by atomic mass is 10.1. The molecule has 0 fully saturated rings. The Morgan fingerprint density at radius 2 is 2.09 bits per heavy atom. The molecule has 0 unspecified atom stereocenters. The van der Waals surface area contributed by atoms with Crippen LogP contribution in [0.3, 0.4) is 0 Å². The highest BCUT2D eigenvalue weighted by Crippen LogP contribution is 2.20. The minimum Gasteiger partial charge on any atom is -0.324 e. The predicted octanol–water partition coefficient (Wildman–Crippen LogP) is 3.64. The van der Waals surface area contributed by atoms with Crippen LogP contribution in [0, 0.1) is 12.3 Å². The summed E-state index contributed by atoms with van der Waals surface area (Å²) in [5.41, 5.74) is 1.78. The van der Waals surface area contributed by atoms with Gasteiger partial charge in [-0.2, -0.15) is 0 Å². The van der Waals surface area contributed by atoms with E-state index in [1.807, 2.05) is 42.5 Å². The molecule has 2 aromatic rings. The zero-order valence-electron chi connectivity index (χ0n) is 12.8. The lowest BCUT2D eigenvalue weighted by Crippen LogP contribution is -2.31. The molecule has 0 saturated heterocycles. The molecule has 0 radical (unpaired) electrons. The summed E-state index contributed by atoms with van der Waals surface area (Å²) < 4.78 is 0. The zero-order valence-corrected chi connectivity index (χ0v) is 13.6. The molecule has 4 heteroatoms. The Kier molecular flexibility index (Phi) is 6.46. The van der Waals surface area contributed by atoms with Crippen molar-refractivity contribution in [2.75, 3.05) is 13.1 Å². The monoisotopic (exact) mass is 322 g/mol. The average molecular weight is 322 g/mol. The van der Waals surface area contributed by atoms with E-state index in [0.717, 1.165) is 16.3 Å². The SMILES string of the molecule is C#CCN(CC=C)C(=O)c1ccc(CSc2ccccn2)cc1.